The van der Waals surface area contributed by atoms with E-state index in [1.807, 2.05) is 5.51 Å². The van der Waals surface area contributed by atoms with Gasteiger partial charge in [-0.1, -0.05) is 13.8 Å². The van der Waals surface area contributed by atoms with E-state index in [2.05, 4.69) is 39.5 Å². The third kappa shape index (κ3) is 2.95. The Morgan fingerprint density at radius 2 is 2.17 bits per heavy atom. The summed E-state index contributed by atoms with van der Waals surface area (Å²) >= 11 is 1.61. The van der Waals surface area contributed by atoms with Crippen molar-refractivity contribution < 1.29 is 0 Å². The van der Waals surface area contributed by atoms with Gasteiger partial charge in [-0.3, -0.25) is 0 Å². The van der Waals surface area contributed by atoms with Crippen LogP contribution in [-0.4, -0.2) is 21.5 Å². The predicted molar refractivity (Wildman–Crippen MR) is 74.8 cm³/mol. The first-order valence-corrected chi connectivity index (χ1v) is 6.84. The van der Waals surface area contributed by atoms with Crippen LogP contribution in [0.1, 0.15) is 31.0 Å². The molecule has 0 radical (unpaired) electrons. The molecule has 0 atom stereocenters. The summed E-state index contributed by atoms with van der Waals surface area (Å²) in [7, 11) is 0. The van der Waals surface area contributed by atoms with Crippen LogP contribution in [0.15, 0.2) is 17.2 Å². The third-order valence-corrected chi connectivity index (χ3v) is 3.28. The second-order valence-corrected chi connectivity index (χ2v) is 5.05. The fourth-order valence-corrected chi connectivity index (χ4v) is 2.38. The predicted octanol–water partition coefficient (Wildman–Crippen LogP) is 2.29. The lowest BCUT2D eigenvalue weighted by molar-refractivity contribution is 0.846. The highest BCUT2D eigenvalue weighted by Crippen LogP contribution is 2.25. The Labute approximate surface area is 111 Å². The van der Waals surface area contributed by atoms with Gasteiger partial charge < -0.3 is 11.1 Å². The lowest BCUT2D eigenvalue weighted by Crippen LogP contribution is -2.12. The van der Waals surface area contributed by atoms with Gasteiger partial charge in [-0.15, -0.1) is 11.3 Å². The van der Waals surface area contributed by atoms with Crippen LogP contribution in [0, 0.1) is 0 Å². The minimum atomic E-state index is 0.299. The Balaban J connectivity index is 2.03. The van der Waals surface area contributed by atoms with Gasteiger partial charge in [0.15, 0.2) is 0 Å². The number of nitrogens with one attached hydrogen (secondary N) is 1. The van der Waals surface area contributed by atoms with Crippen LogP contribution < -0.4 is 11.1 Å². The third-order valence-electron chi connectivity index (χ3n) is 2.65. The molecule has 0 aliphatic rings. The quantitative estimate of drug-likeness (QED) is 0.865. The van der Waals surface area contributed by atoms with Crippen LogP contribution >= 0.6 is 11.3 Å². The van der Waals surface area contributed by atoms with E-state index in [9.17, 15) is 0 Å². The number of anilines is 2. The summed E-state index contributed by atoms with van der Waals surface area (Å²) in [5.41, 5.74) is 9.81. The average Bonchev–Trinajstić information content (AvgIpc) is 2.81. The Hall–Kier alpha value is -1.69. The Bertz CT molecular complexity index is 495. The first-order valence-electron chi connectivity index (χ1n) is 5.89. The van der Waals surface area contributed by atoms with Gasteiger partial charge in [0.25, 0.3) is 0 Å². The molecule has 5 nitrogen and oxygen atoms in total. The maximum absolute atomic E-state index is 5.89. The molecule has 0 fully saturated rings. The molecule has 0 saturated carbocycles. The molecule has 0 unspecified atom stereocenters. The van der Waals surface area contributed by atoms with Crippen molar-refractivity contribution >= 4 is 23.0 Å². The van der Waals surface area contributed by atoms with Gasteiger partial charge in [0.2, 0.25) is 0 Å². The van der Waals surface area contributed by atoms with Crippen molar-refractivity contribution in [2.24, 2.45) is 0 Å². The summed E-state index contributed by atoms with van der Waals surface area (Å²) in [4.78, 5) is 12.5. The highest BCUT2D eigenvalue weighted by molar-refractivity contribution is 7.07. The van der Waals surface area contributed by atoms with Crippen molar-refractivity contribution in [3.63, 3.8) is 0 Å². The molecule has 2 heterocycles. The van der Waals surface area contributed by atoms with Crippen LogP contribution in [0.25, 0.3) is 0 Å². The van der Waals surface area contributed by atoms with E-state index in [0.29, 0.717) is 11.7 Å². The first kappa shape index (κ1) is 12.8. The molecule has 0 aliphatic heterocycles. The molecule has 96 valence electrons. The lowest BCUT2D eigenvalue weighted by Gasteiger charge is -2.14. The van der Waals surface area contributed by atoms with Gasteiger partial charge in [0.1, 0.15) is 18.0 Å². The first-order chi connectivity index (χ1) is 8.68. The summed E-state index contributed by atoms with van der Waals surface area (Å²) < 4.78 is 0. The molecule has 3 N–H and O–H groups in total. The molecule has 0 bridgehead atoms. The van der Waals surface area contributed by atoms with Crippen molar-refractivity contribution in [3.8, 4) is 0 Å². The zero-order valence-electron chi connectivity index (χ0n) is 10.6. The van der Waals surface area contributed by atoms with E-state index >= 15 is 0 Å². The van der Waals surface area contributed by atoms with E-state index in [1.165, 1.54) is 6.33 Å². The van der Waals surface area contributed by atoms with Crippen molar-refractivity contribution in [3.05, 3.63) is 28.5 Å². The zero-order valence-corrected chi connectivity index (χ0v) is 11.4. The highest BCUT2D eigenvalue weighted by atomic mass is 32.1. The zero-order chi connectivity index (χ0) is 13.0. The summed E-state index contributed by atoms with van der Waals surface area (Å²) in [5.74, 6) is 1.68. The van der Waals surface area contributed by atoms with Gasteiger partial charge in [-0.2, -0.15) is 0 Å². The monoisotopic (exact) mass is 263 g/mol. The number of aromatic nitrogens is 3. The minimum Gasteiger partial charge on any atom is -0.383 e. The fourth-order valence-electron chi connectivity index (χ4n) is 1.79. The van der Waals surface area contributed by atoms with Gasteiger partial charge in [0, 0.05) is 23.9 Å². The van der Waals surface area contributed by atoms with E-state index < -0.39 is 0 Å². The van der Waals surface area contributed by atoms with Crippen LogP contribution in [0.4, 0.5) is 11.6 Å². The number of rotatable bonds is 5. The molecule has 2 rings (SSSR count). The topological polar surface area (TPSA) is 76.7 Å². The van der Waals surface area contributed by atoms with Crippen LogP contribution in [0.2, 0.25) is 0 Å². The van der Waals surface area contributed by atoms with Crippen molar-refractivity contribution in [1.29, 1.82) is 0 Å². The fraction of sp³-hybridized carbons (Fsp3) is 0.417. The lowest BCUT2D eigenvalue weighted by atomic mass is 10.0. The van der Waals surface area contributed by atoms with E-state index in [-0.39, 0.29) is 0 Å². The maximum atomic E-state index is 5.89. The van der Waals surface area contributed by atoms with E-state index in [1.54, 1.807) is 11.3 Å². The molecule has 0 aromatic carbocycles. The summed E-state index contributed by atoms with van der Waals surface area (Å²) in [6, 6.07) is 0. The largest absolute Gasteiger partial charge is 0.383 e. The van der Waals surface area contributed by atoms with Gasteiger partial charge in [-0.25, -0.2) is 15.0 Å². The smallest absolute Gasteiger partial charge is 0.134 e. The number of thiazole rings is 1. The van der Waals surface area contributed by atoms with Gasteiger partial charge in [-0.05, 0) is 5.92 Å². The number of hydrogen-bond donors (Lipinski definition) is 2. The Kier molecular flexibility index (Phi) is 4.09. The standard InChI is InChI=1S/C12H17N5S/c1-8(2)10-11(13)15-6-16-12(10)14-4-3-9-5-18-7-17-9/h5-8H,3-4H2,1-2H3,(H3,13,14,15,16). The molecule has 2 aromatic heterocycles. The summed E-state index contributed by atoms with van der Waals surface area (Å²) in [6.07, 6.45) is 2.37. The molecular weight excluding hydrogens is 246 g/mol. The SMILES string of the molecule is CC(C)c1c(N)ncnc1NCCc1cscn1. The molecule has 0 saturated heterocycles. The van der Waals surface area contributed by atoms with Gasteiger partial charge >= 0.3 is 0 Å². The van der Waals surface area contributed by atoms with Crippen molar-refractivity contribution in [2.75, 3.05) is 17.6 Å². The van der Waals surface area contributed by atoms with Gasteiger partial charge in [0.05, 0.1) is 11.2 Å². The Morgan fingerprint density at radius 3 is 2.83 bits per heavy atom. The molecule has 0 spiro atoms. The molecular formula is C12H17N5S. The number of nitrogen functional groups attached to an aromatic ring is 1. The summed E-state index contributed by atoms with van der Waals surface area (Å²) in [6.45, 7) is 4.96. The molecule has 6 heteroatoms. The molecule has 0 aliphatic carbocycles. The second kappa shape index (κ2) is 5.77. The number of hydrogen-bond acceptors (Lipinski definition) is 6. The highest BCUT2D eigenvalue weighted by Gasteiger charge is 2.12. The average molecular weight is 263 g/mol. The van der Waals surface area contributed by atoms with Crippen LogP contribution in [-0.2, 0) is 6.42 Å². The number of nitrogens with zero attached hydrogens (tertiary/aromatic N) is 3. The molecule has 2 aromatic rings. The van der Waals surface area contributed by atoms with Crippen molar-refractivity contribution in [1.82, 2.24) is 15.0 Å². The van der Waals surface area contributed by atoms with E-state index in [0.717, 1.165) is 30.0 Å². The van der Waals surface area contributed by atoms with Crippen molar-refractivity contribution in [2.45, 2.75) is 26.2 Å². The Morgan fingerprint density at radius 1 is 1.33 bits per heavy atom. The molecule has 18 heavy (non-hydrogen) atoms. The maximum Gasteiger partial charge on any atom is 0.134 e. The van der Waals surface area contributed by atoms with E-state index in [4.69, 9.17) is 5.73 Å². The summed E-state index contributed by atoms with van der Waals surface area (Å²) in [5, 5.41) is 5.36. The molecule has 0 amide bonds. The van der Waals surface area contributed by atoms with Crippen LogP contribution in [0.3, 0.4) is 0 Å². The second-order valence-electron chi connectivity index (χ2n) is 4.33. The minimum absolute atomic E-state index is 0.299. The normalized spacial score (nSPS) is 10.8. The number of nitrogens with two attached hydrogens (primary N) is 1. The van der Waals surface area contributed by atoms with Crippen LogP contribution in [0.5, 0.6) is 0 Å².